The number of carbonyl (C=O) groups excluding carboxylic acids is 1. The normalized spacial score (nSPS) is 15.6. The second-order valence-electron chi connectivity index (χ2n) is 10.5. The van der Waals surface area contributed by atoms with E-state index in [0.717, 1.165) is 42.9 Å². The summed E-state index contributed by atoms with van der Waals surface area (Å²) in [5, 5.41) is 7.07. The average Bonchev–Trinajstić information content (AvgIpc) is 3.06. The molecule has 1 aromatic heterocycles. The first-order chi connectivity index (χ1) is 21.3. The molecule has 246 valence electrons. The van der Waals surface area contributed by atoms with E-state index in [1.165, 1.54) is 69.2 Å². The van der Waals surface area contributed by atoms with Crippen LogP contribution in [-0.2, 0) is 9.68 Å². The minimum absolute atomic E-state index is 0.0804. The van der Waals surface area contributed by atoms with Crippen LogP contribution in [-0.4, -0.2) is 57.4 Å². The van der Waals surface area contributed by atoms with Crippen molar-refractivity contribution in [1.29, 1.82) is 0 Å². The van der Waals surface area contributed by atoms with Crippen LogP contribution in [0.4, 0.5) is 19.0 Å². The van der Waals surface area contributed by atoms with Gasteiger partial charge in [0, 0.05) is 37.2 Å². The predicted molar refractivity (Wildman–Crippen MR) is 171 cm³/mol. The molecule has 0 spiro atoms. The molecule has 2 saturated carbocycles. The highest BCUT2D eigenvalue weighted by Crippen LogP contribution is 2.34. The zero-order chi connectivity index (χ0) is 32.7. The number of aryl methyl sites for hydroxylation is 1. The fourth-order valence-electron chi connectivity index (χ4n) is 5.46. The molecule has 2 aliphatic carbocycles. The Morgan fingerprint density at radius 2 is 1.64 bits per heavy atom. The van der Waals surface area contributed by atoms with Crippen molar-refractivity contribution in [3.05, 3.63) is 59.4 Å². The van der Waals surface area contributed by atoms with Gasteiger partial charge in [0.25, 0.3) is 0 Å². The molecule has 1 heterocycles. The SMILES string of the molecule is CN(C(=O)C1CCCCC1)c1cc(C(=C/N)/C=N/CF)ccn1.COO.COc1ccc(C2CCCCC2)cc1C.FCF. The fourth-order valence-corrected chi connectivity index (χ4v) is 5.46. The monoisotopic (exact) mass is 622 g/mol. The number of aliphatic imine (C=N–C) groups is 1. The maximum atomic E-state index is 12.6. The first-order valence-corrected chi connectivity index (χ1v) is 15.0. The third kappa shape index (κ3) is 13.5. The maximum absolute atomic E-state index is 12.6. The number of pyridine rings is 1. The lowest BCUT2D eigenvalue weighted by Gasteiger charge is -2.26. The van der Waals surface area contributed by atoms with E-state index in [9.17, 15) is 18.0 Å². The first kappa shape index (κ1) is 38.6. The van der Waals surface area contributed by atoms with Crippen LogP contribution in [0.2, 0.25) is 0 Å². The zero-order valence-corrected chi connectivity index (χ0v) is 26.5. The summed E-state index contributed by atoms with van der Waals surface area (Å²) in [6.45, 7) is -0.416. The molecule has 1 aromatic carbocycles. The Morgan fingerprint density at radius 3 is 2.16 bits per heavy atom. The van der Waals surface area contributed by atoms with Gasteiger partial charge in [-0.2, -0.15) is 0 Å². The number of benzene rings is 1. The number of allylic oxidation sites excluding steroid dienone is 1. The summed E-state index contributed by atoms with van der Waals surface area (Å²) in [4.78, 5) is 25.3. The number of hydrogen-bond acceptors (Lipinski definition) is 7. The van der Waals surface area contributed by atoms with Crippen LogP contribution in [0.25, 0.3) is 5.57 Å². The van der Waals surface area contributed by atoms with E-state index in [1.807, 2.05) is 0 Å². The zero-order valence-electron chi connectivity index (χ0n) is 26.5. The van der Waals surface area contributed by atoms with Gasteiger partial charge < -0.3 is 10.5 Å². The van der Waals surface area contributed by atoms with Crippen LogP contribution in [0.1, 0.15) is 86.8 Å². The van der Waals surface area contributed by atoms with Gasteiger partial charge in [0.1, 0.15) is 11.6 Å². The van der Waals surface area contributed by atoms with E-state index < -0.39 is 13.7 Å². The molecule has 0 aliphatic heterocycles. The molecule has 1 amide bonds. The summed E-state index contributed by atoms with van der Waals surface area (Å²) in [5.41, 5.74) is 9.68. The summed E-state index contributed by atoms with van der Waals surface area (Å²) < 4.78 is 36.7. The minimum Gasteiger partial charge on any atom is -0.496 e. The van der Waals surface area contributed by atoms with Crippen LogP contribution >= 0.6 is 0 Å². The van der Waals surface area contributed by atoms with Crippen molar-refractivity contribution in [3.8, 4) is 5.75 Å². The number of carbonyl (C=O) groups is 1. The van der Waals surface area contributed by atoms with Crippen molar-refractivity contribution in [2.45, 2.75) is 77.0 Å². The van der Waals surface area contributed by atoms with E-state index in [2.05, 4.69) is 40.0 Å². The number of amides is 1. The number of alkyl halides is 3. The van der Waals surface area contributed by atoms with Crippen molar-refractivity contribution in [2.75, 3.05) is 39.9 Å². The molecule has 0 atom stereocenters. The van der Waals surface area contributed by atoms with Gasteiger partial charge in [-0.05, 0) is 73.4 Å². The van der Waals surface area contributed by atoms with E-state index in [1.54, 1.807) is 37.4 Å². The molecule has 2 fully saturated rings. The molecule has 2 aromatic rings. The van der Waals surface area contributed by atoms with Crippen molar-refractivity contribution in [2.24, 2.45) is 16.6 Å². The Morgan fingerprint density at radius 1 is 1.05 bits per heavy atom. The van der Waals surface area contributed by atoms with Gasteiger partial charge in [-0.15, -0.1) is 0 Å². The van der Waals surface area contributed by atoms with Crippen LogP contribution in [0.3, 0.4) is 0 Å². The maximum Gasteiger partial charge on any atom is 0.230 e. The summed E-state index contributed by atoms with van der Waals surface area (Å²) in [5.74, 6) is 2.55. The Balaban J connectivity index is 0.000000394. The second kappa shape index (κ2) is 23.0. The van der Waals surface area contributed by atoms with Gasteiger partial charge in [0.15, 0.2) is 6.80 Å². The molecule has 44 heavy (non-hydrogen) atoms. The van der Waals surface area contributed by atoms with Gasteiger partial charge >= 0.3 is 0 Å². The highest BCUT2D eigenvalue weighted by Gasteiger charge is 2.25. The van der Waals surface area contributed by atoms with E-state index in [0.29, 0.717) is 11.4 Å². The fraction of sp³-hybridized carbons (Fsp3) is 0.545. The average molecular weight is 623 g/mol. The number of ether oxygens (including phenoxy) is 1. The van der Waals surface area contributed by atoms with Crippen LogP contribution in [0.5, 0.6) is 5.75 Å². The third-order valence-electron chi connectivity index (χ3n) is 7.68. The largest absolute Gasteiger partial charge is 0.496 e. The molecule has 2 aliphatic rings. The summed E-state index contributed by atoms with van der Waals surface area (Å²) >= 11 is 0. The van der Waals surface area contributed by atoms with Crippen LogP contribution < -0.4 is 15.4 Å². The molecule has 11 heteroatoms. The van der Waals surface area contributed by atoms with Crippen molar-refractivity contribution >= 4 is 23.5 Å². The number of aromatic nitrogens is 1. The molecule has 4 rings (SSSR count). The number of hydrogen-bond donors (Lipinski definition) is 2. The lowest BCUT2D eigenvalue weighted by Crippen LogP contribution is -2.34. The molecule has 0 unspecified atom stereocenters. The quantitative estimate of drug-likeness (QED) is 0.140. The van der Waals surface area contributed by atoms with E-state index >= 15 is 0 Å². The topological polar surface area (TPSA) is 110 Å². The van der Waals surface area contributed by atoms with Crippen molar-refractivity contribution in [1.82, 2.24) is 4.98 Å². The van der Waals surface area contributed by atoms with E-state index in [4.69, 9.17) is 15.7 Å². The van der Waals surface area contributed by atoms with Gasteiger partial charge in [0.05, 0.1) is 14.2 Å². The summed E-state index contributed by atoms with van der Waals surface area (Å²) in [6.07, 6.45) is 16.6. The number of nitrogens with two attached hydrogens (primary N) is 1. The number of nitrogens with zero attached hydrogens (tertiary/aromatic N) is 3. The molecular weight excluding hydrogens is 573 g/mol. The van der Waals surface area contributed by atoms with Gasteiger partial charge in [-0.25, -0.2) is 23.0 Å². The summed E-state index contributed by atoms with van der Waals surface area (Å²) in [7, 11) is 4.66. The smallest absolute Gasteiger partial charge is 0.230 e. The lowest BCUT2D eigenvalue weighted by molar-refractivity contribution is -0.214. The van der Waals surface area contributed by atoms with Gasteiger partial charge in [0.2, 0.25) is 12.8 Å². The number of halogens is 3. The Labute approximate surface area is 260 Å². The minimum atomic E-state index is -1.75. The molecular formula is C33H49F3N4O4. The number of methoxy groups -OCH3 is 1. The third-order valence-corrected chi connectivity index (χ3v) is 7.68. The second-order valence-corrected chi connectivity index (χ2v) is 10.5. The van der Waals surface area contributed by atoms with Crippen molar-refractivity contribution < 1.29 is 32.8 Å². The lowest BCUT2D eigenvalue weighted by atomic mass is 9.83. The molecule has 0 bridgehead atoms. The van der Waals surface area contributed by atoms with Crippen molar-refractivity contribution in [3.63, 3.8) is 0 Å². The molecule has 0 radical (unpaired) electrons. The Kier molecular flexibility index (Phi) is 20.2. The Bertz CT molecular complexity index is 1140. The highest BCUT2D eigenvalue weighted by molar-refractivity contribution is 6.10. The predicted octanol–water partition coefficient (Wildman–Crippen LogP) is 7.96. The molecule has 0 saturated heterocycles. The number of rotatable bonds is 7. The van der Waals surface area contributed by atoms with Crippen LogP contribution in [0, 0.1) is 12.8 Å². The highest BCUT2D eigenvalue weighted by atomic mass is 19.3. The number of anilines is 1. The van der Waals surface area contributed by atoms with Gasteiger partial charge in [-0.3, -0.25) is 19.9 Å². The first-order valence-electron chi connectivity index (χ1n) is 15.0. The van der Waals surface area contributed by atoms with Crippen LogP contribution in [0.15, 0.2) is 47.7 Å². The molecule has 8 nitrogen and oxygen atoms in total. The summed E-state index contributed by atoms with van der Waals surface area (Å²) in [6, 6.07) is 10.2. The van der Waals surface area contributed by atoms with E-state index in [-0.39, 0.29) is 11.8 Å². The standard InChI is InChI=1S/C17H23FN4O.C14H20O.CH2F2.CH4O2/c1-22(17(23)13-5-3-2-4-6-13)16-9-14(7-8-21-16)15(10-19)11-20-12-18;1-11-10-13(8-9-14(11)15-2)12-6-4-3-5-7-12;2-1-3;1-3-2/h7-11,13H,2-6,12,19H2,1H3;8-10,12H,3-7H2,1-2H3;1H2;2H,1H3/b15-10+,20-11+;;;. The Hall–Kier alpha value is -3.44. The molecule has 3 N–H and O–H groups in total. The van der Waals surface area contributed by atoms with Gasteiger partial charge in [-0.1, -0.05) is 50.7 Å².